The van der Waals surface area contributed by atoms with E-state index in [-0.39, 0.29) is 18.0 Å². The Labute approximate surface area is 184 Å². The smallest absolute Gasteiger partial charge is 0.408 e. The van der Waals surface area contributed by atoms with Gasteiger partial charge in [0.2, 0.25) is 5.91 Å². The van der Waals surface area contributed by atoms with E-state index in [1.165, 1.54) is 22.3 Å². The van der Waals surface area contributed by atoms with Crippen molar-refractivity contribution >= 4 is 65.8 Å². The summed E-state index contributed by atoms with van der Waals surface area (Å²) in [6, 6.07) is 5.48. The van der Waals surface area contributed by atoms with Crippen LogP contribution < -0.4 is 5.32 Å². The number of nitrogens with one attached hydrogen (secondary N) is 1. The van der Waals surface area contributed by atoms with Gasteiger partial charge >= 0.3 is 6.09 Å². The molecular formula is C20H18BrN3O3S2. The Balaban J connectivity index is 1.91. The van der Waals surface area contributed by atoms with E-state index in [4.69, 9.17) is 4.98 Å². The van der Waals surface area contributed by atoms with Crippen LogP contribution >= 0.6 is 38.6 Å². The van der Waals surface area contributed by atoms with Crippen LogP contribution in [0.2, 0.25) is 0 Å². The molecule has 2 aromatic heterocycles. The number of benzene rings is 1. The van der Waals surface area contributed by atoms with Gasteiger partial charge in [-0.1, -0.05) is 22.5 Å². The van der Waals surface area contributed by atoms with Gasteiger partial charge in [0.15, 0.2) is 0 Å². The van der Waals surface area contributed by atoms with Crippen molar-refractivity contribution in [2.45, 2.75) is 32.4 Å². The Morgan fingerprint density at radius 2 is 2.14 bits per heavy atom. The number of fused-ring (bicyclic) bond motifs is 2. The van der Waals surface area contributed by atoms with E-state index in [1.807, 2.05) is 32.0 Å². The van der Waals surface area contributed by atoms with Gasteiger partial charge in [-0.25, -0.2) is 9.78 Å². The molecular weight excluding hydrogens is 474 g/mol. The fourth-order valence-corrected chi connectivity index (χ4v) is 6.49. The number of carbonyl (C=O) groups excluding carboxylic acids is 1. The van der Waals surface area contributed by atoms with Crippen LogP contribution in [0.15, 0.2) is 35.3 Å². The quantitative estimate of drug-likeness (QED) is 0.446. The standard InChI is InChI=1S/C20H18BrN3O3S2/c1-4-15(25)23-19-16(18-22-13-8-11(21)5-6-14(13)28-18)12-7-9(2)24(20(26)27)10(3)17(12)29-19/h4-6,8-10H,1,7H2,2-3H3,(H,23,25)(H,26,27). The number of aromatic nitrogens is 1. The first-order chi connectivity index (χ1) is 13.8. The minimum Gasteiger partial charge on any atom is -0.465 e. The number of nitrogens with zero attached hydrogens (tertiary/aromatic N) is 2. The molecule has 2 unspecified atom stereocenters. The van der Waals surface area contributed by atoms with Crippen LogP contribution in [0.25, 0.3) is 20.8 Å². The van der Waals surface area contributed by atoms with Crippen molar-refractivity contribution in [3.63, 3.8) is 0 Å². The van der Waals surface area contributed by atoms with Gasteiger partial charge in [0, 0.05) is 21.0 Å². The molecule has 3 heterocycles. The van der Waals surface area contributed by atoms with Crippen LogP contribution in [0.1, 0.15) is 30.3 Å². The number of thiophene rings is 1. The number of hydrogen-bond acceptors (Lipinski definition) is 5. The Morgan fingerprint density at radius 3 is 2.83 bits per heavy atom. The number of carbonyl (C=O) groups is 2. The number of anilines is 1. The number of halogens is 1. The number of hydrogen-bond donors (Lipinski definition) is 2. The maximum absolute atomic E-state index is 12.1. The van der Waals surface area contributed by atoms with E-state index in [0.717, 1.165) is 35.7 Å². The zero-order chi connectivity index (χ0) is 20.9. The summed E-state index contributed by atoms with van der Waals surface area (Å²) in [5.74, 6) is -0.301. The molecule has 1 aromatic carbocycles. The Hall–Kier alpha value is -2.23. The summed E-state index contributed by atoms with van der Waals surface area (Å²) >= 11 is 6.46. The Morgan fingerprint density at radius 1 is 1.38 bits per heavy atom. The molecule has 29 heavy (non-hydrogen) atoms. The molecule has 2 atom stereocenters. The van der Waals surface area contributed by atoms with Gasteiger partial charge in [-0.05, 0) is 50.1 Å². The molecule has 0 saturated carbocycles. The van der Waals surface area contributed by atoms with Crippen molar-refractivity contribution in [3.05, 3.63) is 45.8 Å². The second kappa shape index (κ2) is 7.55. The van der Waals surface area contributed by atoms with Crippen LogP contribution in [0.4, 0.5) is 9.80 Å². The molecule has 0 fully saturated rings. The van der Waals surface area contributed by atoms with Gasteiger partial charge in [0.25, 0.3) is 0 Å². The Bertz CT molecular complexity index is 1150. The zero-order valence-electron chi connectivity index (χ0n) is 15.7. The molecule has 4 rings (SSSR count). The average molecular weight is 492 g/mol. The summed E-state index contributed by atoms with van der Waals surface area (Å²) in [5.41, 5.74) is 2.83. The van der Waals surface area contributed by atoms with Crippen LogP contribution in [0, 0.1) is 0 Å². The van der Waals surface area contributed by atoms with Crippen molar-refractivity contribution in [1.82, 2.24) is 9.88 Å². The lowest BCUT2D eigenvalue weighted by molar-refractivity contribution is -0.111. The van der Waals surface area contributed by atoms with Crippen molar-refractivity contribution in [2.24, 2.45) is 0 Å². The second-order valence-electron chi connectivity index (χ2n) is 6.89. The average Bonchev–Trinajstić information content (AvgIpc) is 3.21. The fourth-order valence-electron chi connectivity index (χ4n) is 3.76. The summed E-state index contributed by atoms with van der Waals surface area (Å²) < 4.78 is 2.00. The summed E-state index contributed by atoms with van der Waals surface area (Å²) in [4.78, 5) is 31.0. The molecule has 0 spiro atoms. The third kappa shape index (κ3) is 3.47. The predicted octanol–water partition coefficient (Wildman–Crippen LogP) is 5.90. The molecule has 2 amide bonds. The van der Waals surface area contributed by atoms with Crippen molar-refractivity contribution < 1.29 is 14.7 Å². The lowest BCUT2D eigenvalue weighted by atomic mass is 9.93. The number of thiazole rings is 1. The van der Waals surface area contributed by atoms with E-state index in [9.17, 15) is 14.7 Å². The number of amides is 2. The molecule has 6 nitrogen and oxygen atoms in total. The molecule has 3 aromatic rings. The molecule has 0 radical (unpaired) electrons. The SMILES string of the molecule is C=CC(=O)Nc1sc2c(c1-c1nc3cc(Br)ccc3s1)CC(C)N(C(=O)O)C2C. The van der Waals surface area contributed by atoms with Crippen LogP contribution in [0.3, 0.4) is 0 Å². The summed E-state index contributed by atoms with van der Waals surface area (Å²) in [6.07, 6.45) is 0.863. The number of carboxylic acid groups (broad SMARTS) is 1. The first kappa shape index (κ1) is 20.1. The third-order valence-electron chi connectivity index (χ3n) is 5.02. The maximum atomic E-state index is 12.1. The topological polar surface area (TPSA) is 82.5 Å². The first-order valence-electron chi connectivity index (χ1n) is 8.96. The summed E-state index contributed by atoms with van der Waals surface area (Å²) in [5, 5.41) is 14.0. The Kier molecular flexibility index (Phi) is 5.22. The van der Waals surface area contributed by atoms with E-state index in [1.54, 1.807) is 11.3 Å². The molecule has 1 aliphatic heterocycles. The molecule has 0 bridgehead atoms. The zero-order valence-corrected chi connectivity index (χ0v) is 18.9. The highest BCUT2D eigenvalue weighted by atomic mass is 79.9. The maximum Gasteiger partial charge on any atom is 0.408 e. The van der Waals surface area contributed by atoms with Gasteiger partial charge in [-0.15, -0.1) is 22.7 Å². The first-order valence-corrected chi connectivity index (χ1v) is 11.4. The lowest BCUT2D eigenvalue weighted by Crippen LogP contribution is -2.43. The summed E-state index contributed by atoms with van der Waals surface area (Å²) in [7, 11) is 0. The highest BCUT2D eigenvalue weighted by molar-refractivity contribution is 9.10. The van der Waals surface area contributed by atoms with E-state index >= 15 is 0 Å². The highest BCUT2D eigenvalue weighted by Gasteiger charge is 2.37. The summed E-state index contributed by atoms with van der Waals surface area (Å²) in [6.45, 7) is 7.33. The van der Waals surface area contributed by atoms with Crippen LogP contribution in [-0.2, 0) is 11.2 Å². The lowest BCUT2D eigenvalue weighted by Gasteiger charge is -2.36. The van der Waals surface area contributed by atoms with Crippen molar-refractivity contribution in [3.8, 4) is 10.6 Å². The minimum atomic E-state index is -0.938. The third-order valence-corrected chi connectivity index (χ3v) is 7.88. The van der Waals surface area contributed by atoms with Gasteiger partial charge in [0.1, 0.15) is 10.0 Å². The molecule has 1 aliphatic rings. The van der Waals surface area contributed by atoms with E-state index < -0.39 is 6.09 Å². The van der Waals surface area contributed by atoms with Crippen molar-refractivity contribution in [1.29, 1.82) is 0 Å². The van der Waals surface area contributed by atoms with Crippen LogP contribution in [0.5, 0.6) is 0 Å². The minimum absolute atomic E-state index is 0.171. The van der Waals surface area contributed by atoms with E-state index in [0.29, 0.717) is 11.4 Å². The largest absolute Gasteiger partial charge is 0.465 e. The molecule has 0 aliphatic carbocycles. The van der Waals surface area contributed by atoms with Gasteiger partial charge in [0.05, 0.1) is 16.3 Å². The molecule has 9 heteroatoms. The van der Waals surface area contributed by atoms with Crippen LogP contribution in [-0.4, -0.2) is 33.0 Å². The van der Waals surface area contributed by atoms with Gasteiger partial charge in [-0.2, -0.15) is 0 Å². The second-order valence-corrected chi connectivity index (χ2v) is 9.89. The molecule has 150 valence electrons. The van der Waals surface area contributed by atoms with E-state index in [2.05, 4.69) is 27.8 Å². The highest BCUT2D eigenvalue weighted by Crippen LogP contribution is 2.49. The predicted molar refractivity (Wildman–Crippen MR) is 121 cm³/mol. The monoisotopic (exact) mass is 491 g/mol. The fraction of sp³-hybridized carbons (Fsp3) is 0.250. The normalized spacial score (nSPS) is 18.5. The molecule has 2 N–H and O–H groups in total. The van der Waals surface area contributed by atoms with Gasteiger partial charge < -0.3 is 10.4 Å². The van der Waals surface area contributed by atoms with Crippen molar-refractivity contribution in [2.75, 3.05) is 5.32 Å². The number of rotatable bonds is 3. The molecule has 0 saturated heterocycles. The van der Waals surface area contributed by atoms with Gasteiger partial charge in [-0.3, -0.25) is 9.69 Å².